The Morgan fingerprint density at radius 3 is 2.43 bits per heavy atom. The summed E-state index contributed by atoms with van der Waals surface area (Å²) in [7, 11) is 0. The van der Waals surface area contributed by atoms with Crippen LogP contribution in [0.1, 0.15) is 15.9 Å². The minimum atomic E-state index is -0.0780. The Labute approximate surface area is 125 Å². The third kappa shape index (κ3) is 4.80. The van der Waals surface area contributed by atoms with Gasteiger partial charge in [-0.25, -0.2) is 0 Å². The predicted molar refractivity (Wildman–Crippen MR) is 87.6 cm³/mol. The number of anilines is 1. The van der Waals surface area contributed by atoms with Crippen LogP contribution in [0, 0.1) is 0 Å². The molecule has 108 valence electrons. The molecule has 0 bridgehead atoms. The van der Waals surface area contributed by atoms with E-state index >= 15 is 0 Å². The van der Waals surface area contributed by atoms with Gasteiger partial charge in [0.15, 0.2) is 0 Å². The second kappa shape index (κ2) is 7.90. The number of hydrogen-bond donors (Lipinski definition) is 2. The predicted octanol–water partition coefficient (Wildman–Crippen LogP) is 3.26. The van der Waals surface area contributed by atoms with Crippen molar-refractivity contribution in [3.63, 3.8) is 0 Å². The maximum Gasteiger partial charge on any atom is 0.251 e. The molecule has 0 spiro atoms. The summed E-state index contributed by atoms with van der Waals surface area (Å²) in [6.45, 7) is 4.92. The Morgan fingerprint density at radius 1 is 1.05 bits per heavy atom. The summed E-state index contributed by atoms with van der Waals surface area (Å²) in [5.74, 6) is -0.0780. The molecule has 0 atom stereocenters. The van der Waals surface area contributed by atoms with E-state index < -0.39 is 0 Å². The quantitative estimate of drug-likeness (QED) is 0.764. The SMILES string of the molecule is C=CCNC(=O)c1ccc(NCCc2ccccc2)cc1. The minimum Gasteiger partial charge on any atom is -0.385 e. The number of rotatable bonds is 7. The van der Waals surface area contributed by atoms with Crippen LogP contribution in [-0.2, 0) is 6.42 Å². The van der Waals surface area contributed by atoms with Crippen LogP contribution < -0.4 is 10.6 Å². The van der Waals surface area contributed by atoms with Crippen LogP contribution in [0.4, 0.5) is 5.69 Å². The van der Waals surface area contributed by atoms with E-state index in [1.54, 1.807) is 6.08 Å². The number of carbonyl (C=O) groups is 1. The first-order valence-electron chi connectivity index (χ1n) is 7.06. The van der Waals surface area contributed by atoms with Crippen molar-refractivity contribution in [1.29, 1.82) is 0 Å². The molecule has 0 saturated heterocycles. The summed E-state index contributed by atoms with van der Waals surface area (Å²) in [4.78, 5) is 11.7. The van der Waals surface area contributed by atoms with Crippen molar-refractivity contribution < 1.29 is 4.79 Å². The van der Waals surface area contributed by atoms with Gasteiger partial charge in [0.1, 0.15) is 0 Å². The zero-order valence-electron chi connectivity index (χ0n) is 12.0. The molecule has 0 aromatic heterocycles. The molecule has 2 aromatic carbocycles. The van der Waals surface area contributed by atoms with E-state index in [0.717, 1.165) is 18.7 Å². The maximum absolute atomic E-state index is 11.7. The lowest BCUT2D eigenvalue weighted by Crippen LogP contribution is -2.23. The van der Waals surface area contributed by atoms with E-state index in [9.17, 15) is 4.79 Å². The number of carbonyl (C=O) groups excluding carboxylic acids is 1. The van der Waals surface area contributed by atoms with Crippen molar-refractivity contribution in [2.45, 2.75) is 6.42 Å². The average Bonchev–Trinajstić information content (AvgIpc) is 2.54. The lowest BCUT2D eigenvalue weighted by atomic mass is 10.1. The van der Waals surface area contributed by atoms with E-state index in [0.29, 0.717) is 12.1 Å². The Morgan fingerprint density at radius 2 is 1.76 bits per heavy atom. The van der Waals surface area contributed by atoms with E-state index in [1.807, 2.05) is 42.5 Å². The largest absolute Gasteiger partial charge is 0.385 e. The van der Waals surface area contributed by atoms with Gasteiger partial charge in [0.25, 0.3) is 5.91 Å². The molecular weight excluding hydrogens is 260 g/mol. The number of amides is 1. The molecule has 3 heteroatoms. The fraction of sp³-hybridized carbons (Fsp3) is 0.167. The molecule has 0 aliphatic heterocycles. The fourth-order valence-electron chi connectivity index (χ4n) is 2.00. The molecule has 0 radical (unpaired) electrons. The molecule has 21 heavy (non-hydrogen) atoms. The van der Waals surface area contributed by atoms with Crippen LogP contribution in [0.2, 0.25) is 0 Å². The topological polar surface area (TPSA) is 41.1 Å². The monoisotopic (exact) mass is 280 g/mol. The van der Waals surface area contributed by atoms with E-state index in [1.165, 1.54) is 5.56 Å². The summed E-state index contributed by atoms with van der Waals surface area (Å²) in [6, 6.07) is 17.8. The third-order valence-corrected chi connectivity index (χ3v) is 3.14. The minimum absolute atomic E-state index is 0.0780. The smallest absolute Gasteiger partial charge is 0.251 e. The number of nitrogens with one attached hydrogen (secondary N) is 2. The molecule has 0 fully saturated rings. The van der Waals surface area contributed by atoms with Gasteiger partial charge >= 0.3 is 0 Å². The third-order valence-electron chi connectivity index (χ3n) is 3.14. The van der Waals surface area contributed by atoms with Crippen LogP contribution in [-0.4, -0.2) is 19.0 Å². The first-order chi connectivity index (χ1) is 10.3. The Bertz CT molecular complexity index is 576. The summed E-state index contributed by atoms with van der Waals surface area (Å²) in [5, 5.41) is 6.11. The van der Waals surface area contributed by atoms with Crippen LogP contribution in [0.15, 0.2) is 67.3 Å². The zero-order chi connectivity index (χ0) is 14.9. The van der Waals surface area contributed by atoms with E-state index in [4.69, 9.17) is 0 Å². The average molecular weight is 280 g/mol. The van der Waals surface area contributed by atoms with Crippen LogP contribution in [0.5, 0.6) is 0 Å². The summed E-state index contributed by atoms with van der Waals surface area (Å²) in [6.07, 6.45) is 2.64. The van der Waals surface area contributed by atoms with Crippen molar-refractivity contribution in [3.05, 3.63) is 78.4 Å². The summed E-state index contributed by atoms with van der Waals surface area (Å²) >= 11 is 0. The molecule has 0 saturated carbocycles. The molecule has 0 heterocycles. The lowest BCUT2D eigenvalue weighted by Gasteiger charge is -2.08. The van der Waals surface area contributed by atoms with Gasteiger partial charge < -0.3 is 10.6 Å². The molecule has 0 aliphatic carbocycles. The van der Waals surface area contributed by atoms with Gasteiger partial charge in [0, 0.05) is 24.3 Å². The molecule has 3 nitrogen and oxygen atoms in total. The highest BCUT2D eigenvalue weighted by Crippen LogP contribution is 2.10. The van der Waals surface area contributed by atoms with Gasteiger partial charge in [-0.2, -0.15) is 0 Å². The van der Waals surface area contributed by atoms with Crippen LogP contribution in [0.3, 0.4) is 0 Å². The molecule has 0 unspecified atom stereocenters. The van der Waals surface area contributed by atoms with Crippen molar-refractivity contribution >= 4 is 11.6 Å². The highest BCUT2D eigenvalue weighted by Gasteiger charge is 2.03. The Hall–Kier alpha value is -2.55. The molecule has 0 aliphatic rings. The second-order valence-corrected chi connectivity index (χ2v) is 4.74. The van der Waals surface area contributed by atoms with Crippen molar-refractivity contribution in [2.75, 3.05) is 18.4 Å². The highest BCUT2D eigenvalue weighted by molar-refractivity contribution is 5.94. The zero-order valence-corrected chi connectivity index (χ0v) is 12.0. The molecule has 1 amide bonds. The first kappa shape index (κ1) is 14.9. The van der Waals surface area contributed by atoms with E-state index in [2.05, 4.69) is 29.3 Å². The normalized spacial score (nSPS) is 9.90. The van der Waals surface area contributed by atoms with Crippen LogP contribution in [0.25, 0.3) is 0 Å². The van der Waals surface area contributed by atoms with Crippen molar-refractivity contribution in [1.82, 2.24) is 5.32 Å². The van der Waals surface area contributed by atoms with Crippen molar-refractivity contribution in [3.8, 4) is 0 Å². The Balaban J connectivity index is 1.82. The van der Waals surface area contributed by atoms with Gasteiger partial charge in [-0.1, -0.05) is 36.4 Å². The summed E-state index contributed by atoms with van der Waals surface area (Å²) < 4.78 is 0. The number of hydrogen-bond acceptors (Lipinski definition) is 2. The summed E-state index contributed by atoms with van der Waals surface area (Å²) in [5.41, 5.74) is 2.99. The van der Waals surface area contributed by atoms with Crippen molar-refractivity contribution in [2.24, 2.45) is 0 Å². The van der Waals surface area contributed by atoms with E-state index in [-0.39, 0.29) is 5.91 Å². The van der Waals surface area contributed by atoms with Gasteiger partial charge in [0.05, 0.1) is 0 Å². The molecule has 2 N–H and O–H groups in total. The standard InChI is InChI=1S/C18H20N2O/c1-2-13-20-18(21)16-8-10-17(11-9-16)19-14-12-15-6-4-3-5-7-15/h2-11,19H,1,12-14H2,(H,20,21). The first-order valence-corrected chi connectivity index (χ1v) is 7.06. The highest BCUT2D eigenvalue weighted by atomic mass is 16.1. The van der Waals surface area contributed by atoms with Gasteiger partial charge in [-0.3, -0.25) is 4.79 Å². The van der Waals surface area contributed by atoms with Gasteiger partial charge in [-0.15, -0.1) is 6.58 Å². The molecule has 2 rings (SSSR count). The lowest BCUT2D eigenvalue weighted by molar-refractivity contribution is 0.0958. The number of benzene rings is 2. The Kier molecular flexibility index (Phi) is 5.59. The fourth-order valence-corrected chi connectivity index (χ4v) is 2.00. The maximum atomic E-state index is 11.7. The molecular formula is C18H20N2O. The second-order valence-electron chi connectivity index (χ2n) is 4.74. The molecule has 2 aromatic rings. The van der Waals surface area contributed by atoms with Gasteiger partial charge in [0.2, 0.25) is 0 Å². The van der Waals surface area contributed by atoms with Gasteiger partial charge in [-0.05, 0) is 36.2 Å². The van der Waals surface area contributed by atoms with Crippen LogP contribution >= 0.6 is 0 Å².